The highest BCUT2D eigenvalue weighted by Crippen LogP contribution is 2.04. The summed E-state index contributed by atoms with van der Waals surface area (Å²) in [5.41, 5.74) is 0.610. The van der Waals surface area contributed by atoms with Gasteiger partial charge in [0.25, 0.3) is 5.91 Å². The van der Waals surface area contributed by atoms with Crippen molar-refractivity contribution in [3.05, 3.63) is 30.3 Å². The smallest absolute Gasteiger partial charge is 0.328 e. The second-order valence-electron chi connectivity index (χ2n) is 5.49. The highest BCUT2D eigenvalue weighted by atomic mass is 16.5. The Kier molecular flexibility index (Phi) is 7.59. The van der Waals surface area contributed by atoms with Crippen LogP contribution in [0.15, 0.2) is 30.3 Å². The molecule has 1 rings (SSSR count). The third kappa shape index (κ3) is 7.85. The minimum absolute atomic E-state index is 0.317. The topological polar surface area (TPSA) is 96.5 Å². The summed E-state index contributed by atoms with van der Waals surface area (Å²) in [5, 5.41) is 7.67. The highest BCUT2D eigenvalue weighted by molar-refractivity contribution is 5.92. The number of hydrogen-bond acceptors (Lipinski definition) is 4. The normalized spacial score (nSPS) is 11.5. The number of para-hydroxylation sites is 1. The van der Waals surface area contributed by atoms with Crippen LogP contribution in [0, 0.1) is 5.92 Å². The lowest BCUT2D eigenvalue weighted by atomic mass is 10.2. The van der Waals surface area contributed by atoms with Gasteiger partial charge in [0.1, 0.15) is 6.04 Å². The lowest BCUT2D eigenvalue weighted by molar-refractivity contribution is -0.149. The molecular weight excluding hydrogens is 298 g/mol. The Morgan fingerprint density at radius 3 is 2.35 bits per heavy atom. The van der Waals surface area contributed by atoms with Gasteiger partial charge in [-0.3, -0.25) is 4.79 Å². The average molecular weight is 321 g/mol. The van der Waals surface area contributed by atoms with Crippen LogP contribution < -0.4 is 16.0 Å². The molecular formula is C16H23N3O4. The van der Waals surface area contributed by atoms with Crippen molar-refractivity contribution in [2.24, 2.45) is 5.92 Å². The summed E-state index contributed by atoms with van der Waals surface area (Å²) >= 11 is 0. The van der Waals surface area contributed by atoms with Crippen LogP contribution in [0.5, 0.6) is 0 Å². The zero-order valence-corrected chi connectivity index (χ0v) is 13.6. The number of ether oxygens (including phenoxy) is 1. The Labute approximate surface area is 135 Å². The van der Waals surface area contributed by atoms with Crippen LogP contribution in [0.4, 0.5) is 10.5 Å². The Morgan fingerprint density at radius 1 is 1.09 bits per heavy atom. The van der Waals surface area contributed by atoms with Crippen molar-refractivity contribution >= 4 is 23.6 Å². The van der Waals surface area contributed by atoms with Gasteiger partial charge in [-0.15, -0.1) is 0 Å². The maximum Gasteiger partial charge on any atom is 0.328 e. The molecule has 1 aromatic carbocycles. The molecule has 23 heavy (non-hydrogen) atoms. The third-order valence-electron chi connectivity index (χ3n) is 2.79. The molecule has 0 spiro atoms. The monoisotopic (exact) mass is 321 g/mol. The van der Waals surface area contributed by atoms with Crippen molar-refractivity contribution in [2.75, 3.05) is 18.5 Å². The van der Waals surface area contributed by atoms with Gasteiger partial charge in [-0.1, -0.05) is 32.0 Å². The fourth-order valence-electron chi connectivity index (χ4n) is 1.57. The number of anilines is 1. The summed E-state index contributed by atoms with van der Waals surface area (Å²) in [6, 6.07) is 7.45. The molecule has 0 aliphatic carbocycles. The maximum absolute atomic E-state index is 11.7. The Hall–Kier alpha value is -2.57. The molecule has 0 aliphatic heterocycles. The number of nitrogens with one attached hydrogen (secondary N) is 3. The molecule has 7 nitrogen and oxygen atoms in total. The second-order valence-corrected chi connectivity index (χ2v) is 5.49. The van der Waals surface area contributed by atoms with Crippen LogP contribution in [0.25, 0.3) is 0 Å². The van der Waals surface area contributed by atoms with Crippen LogP contribution in [0.1, 0.15) is 20.8 Å². The number of esters is 1. The molecule has 0 aromatic heterocycles. The third-order valence-corrected chi connectivity index (χ3v) is 2.79. The van der Waals surface area contributed by atoms with Crippen LogP contribution in [0.2, 0.25) is 0 Å². The van der Waals surface area contributed by atoms with Crippen molar-refractivity contribution in [3.63, 3.8) is 0 Å². The minimum atomic E-state index is -0.864. The largest absolute Gasteiger partial charge is 0.454 e. The summed E-state index contributed by atoms with van der Waals surface area (Å²) < 4.78 is 4.86. The van der Waals surface area contributed by atoms with E-state index in [1.165, 1.54) is 6.92 Å². The molecule has 1 aromatic rings. The Bertz CT molecular complexity index is 531. The number of amides is 3. The molecule has 1 atom stereocenters. The molecule has 126 valence electrons. The van der Waals surface area contributed by atoms with E-state index in [2.05, 4.69) is 16.0 Å². The van der Waals surface area contributed by atoms with E-state index >= 15 is 0 Å². The van der Waals surface area contributed by atoms with Gasteiger partial charge in [0.05, 0.1) is 0 Å². The first-order valence-electron chi connectivity index (χ1n) is 7.44. The van der Waals surface area contributed by atoms with E-state index in [4.69, 9.17) is 4.74 Å². The van der Waals surface area contributed by atoms with E-state index in [1.807, 2.05) is 19.9 Å². The number of urea groups is 1. The zero-order valence-electron chi connectivity index (χ0n) is 13.6. The quantitative estimate of drug-likeness (QED) is 0.663. The van der Waals surface area contributed by atoms with E-state index in [9.17, 15) is 14.4 Å². The van der Waals surface area contributed by atoms with Gasteiger partial charge in [-0.05, 0) is 25.0 Å². The van der Waals surface area contributed by atoms with Crippen LogP contribution in [0.3, 0.4) is 0 Å². The predicted octanol–water partition coefficient (Wildman–Crippen LogP) is 1.51. The zero-order chi connectivity index (χ0) is 17.2. The van der Waals surface area contributed by atoms with Gasteiger partial charge in [-0.2, -0.15) is 0 Å². The van der Waals surface area contributed by atoms with E-state index < -0.39 is 18.0 Å². The molecule has 3 N–H and O–H groups in total. The fourth-order valence-corrected chi connectivity index (χ4v) is 1.57. The second kappa shape index (κ2) is 9.45. The molecule has 0 bridgehead atoms. The first kappa shape index (κ1) is 18.5. The lowest BCUT2D eigenvalue weighted by Gasteiger charge is -2.14. The molecule has 7 heteroatoms. The lowest BCUT2D eigenvalue weighted by Crippen LogP contribution is -2.43. The van der Waals surface area contributed by atoms with Gasteiger partial charge < -0.3 is 20.7 Å². The summed E-state index contributed by atoms with van der Waals surface area (Å²) in [6.45, 7) is 5.56. The van der Waals surface area contributed by atoms with Crippen molar-refractivity contribution < 1.29 is 19.1 Å². The van der Waals surface area contributed by atoms with Crippen molar-refractivity contribution in [1.82, 2.24) is 10.6 Å². The van der Waals surface area contributed by atoms with Gasteiger partial charge in [0.15, 0.2) is 6.61 Å². The molecule has 0 saturated carbocycles. The van der Waals surface area contributed by atoms with Crippen LogP contribution >= 0.6 is 0 Å². The first-order chi connectivity index (χ1) is 10.9. The minimum Gasteiger partial charge on any atom is -0.454 e. The molecule has 3 amide bonds. The van der Waals surface area contributed by atoms with Crippen molar-refractivity contribution in [1.29, 1.82) is 0 Å². The van der Waals surface area contributed by atoms with Gasteiger partial charge >= 0.3 is 12.0 Å². The average Bonchev–Trinajstić information content (AvgIpc) is 2.51. The number of carbonyl (C=O) groups is 3. The standard InChI is InChI=1S/C16H23N3O4/c1-11(2)9-17-14(20)10-23-15(21)12(3)18-16(22)19-13-7-5-4-6-8-13/h4-8,11-12H,9-10H2,1-3H3,(H,17,20)(H2,18,19,22)/t12-/m0/s1. The Morgan fingerprint density at radius 2 is 1.74 bits per heavy atom. The van der Waals surface area contributed by atoms with Crippen LogP contribution in [-0.4, -0.2) is 37.1 Å². The molecule has 0 radical (unpaired) electrons. The Balaban J connectivity index is 2.30. The van der Waals surface area contributed by atoms with E-state index in [0.717, 1.165) is 0 Å². The predicted molar refractivity (Wildman–Crippen MR) is 86.9 cm³/mol. The first-order valence-corrected chi connectivity index (χ1v) is 7.44. The molecule has 0 unspecified atom stereocenters. The summed E-state index contributed by atoms with van der Waals surface area (Å²) in [7, 11) is 0. The number of carbonyl (C=O) groups excluding carboxylic acids is 3. The van der Waals surface area contributed by atoms with E-state index in [-0.39, 0.29) is 12.5 Å². The molecule has 0 heterocycles. The molecule has 0 fully saturated rings. The number of rotatable bonds is 7. The fraction of sp³-hybridized carbons (Fsp3) is 0.438. The van der Waals surface area contributed by atoms with Gasteiger partial charge in [0, 0.05) is 12.2 Å². The summed E-state index contributed by atoms with van der Waals surface area (Å²) in [4.78, 5) is 34.9. The number of hydrogen-bond donors (Lipinski definition) is 3. The maximum atomic E-state index is 11.7. The molecule has 0 saturated heterocycles. The summed E-state index contributed by atoms with van der Waals surface area (Å²) in [6.07, 6.45) is 0. The van der Waals surface area contributed by atoms with E-state index in [1.54, 1.807) is 24.3 Å². The number of benzene rings is 1. The molecule has 0 aliphatic rings. The van der Waals surface area contributed by atoms with Gasteiger partial charge in [-0.25, -0.2) is 9.59 Å². The van der Waals surface area contributed by atoms with E-state index in [0.29, 0.717) is 18.2 Å². The SMILES string of the molecule is CC(C)CNC(=O)COC(=O)[C@H](C)NC(=O)Nc1ccccc1. The van der Waals surface area contributed by atoms with Crippen molar-refractivity contribution in [2.45, 2.75) is 26.8 Å². The highest BCUT2D eigenvalue weighted by Gasteiger charge is 2.18. The van der Waals surface area contributed by atoms with Gasteiger partial charge in [0.2, 0.25) is 0 Å². The summed E-state index contributed by atoms with van der Waals surface area (Å²) in [5.74, 6) is -0.724. The van der Waals surface area contributed by atoms with Crippen LogP contribution in [-0.2, 0) is 14.3 Å². The van der Waals surface area contributed by atoms with Crippen molar-refractivity contribution in [3.8, 4) is 0 Å².